The van der Waals surface area contributed by atoms with Gasteiger partial charge in [0.1, 0.15) is 11.3 Å². The highest BCUT2D eigenvalue weighted by atomic mass is 32.2. The zero-order valence-corrected chi connectivity index (χ0v) is 12.4. The van der Waals surface area contributed by atoms with E-state index in [4.69, 9.17) is 0 Å². The van der Waals surface area contributed by atoms with Gasteiger partial charge >= 0.3 is 11.2 Å². The van der Waals surface area contributed by atoms with Crippen LogP contribution in [0.15, 0.2) is 24.8 Å². The Morgan fingerprint density at radius 1 is 1.48 bits per heavy atom. The Kier molecular flexibility index (Phi) is 5.78. The fourth-order valence-corrected chi connectivity index (χ4v) is 1.93. The summed E-state index contributed by atoms with van der Waals surface area (Å²) < 4.78 is 74.1. The molecule has 1 rings (SSSR count). The number of benzene rings is 1. The van der Waals surface area contributed by atoms with E-state index in [0.717, 1.165) is 0 Å². The van der Waals surface area contributed by atoms with Crippen molar-refractivity contribution >= 4 is 22.2 Å². The Hall–Kier alpha value is -2.07. The number of aromatic hydroxyl groups is 1. The van der Waals surface area contributed by atoms with Gasteiger partial charge in [-0.15, -0.1) is 0 Å². The van der Waals surface area contributed by atoms with Crippen molar-refractivity contribution in [2.75, 3.05) is 6.61 Å². The number of halogens is 3. The molecule has 1 atom stereocenters. The topological polar surface area (TPSA) is 104 Å². The van der Waals surface area contributed by atoms with Gasteiger partial charge in [0.05, 0.1) is 6.61 Å². The molecule has 1 unspecified atom stereocenters. The number of carbonyl (C=O) groups is 1. The number of carbonyl (C=O) groups excluding carboxylic acids is 1. The monoisotopic (exact) mass is 353 g/mol. The molecular weight excluding hydrogens is 341 g/mol. The first kappa shape index (κ1) is 19.0. The van der Waals surface area contributed by atoms with Crippen LogP contribution < -0.4 is 0 Å². The maximum atomic E-state index is 13.1. The number of rotatable bonds is 7. The maximum absolute atomic E-state index is 13.1. The predicted octanol–water partition coefficient (Wildman–Crippen LogP) is 2.06. The van der Waals surface area contributed by atoms with Crippen LogP contribution in [0.2, 0.25) is 0 Å². The summed E-state index contributed by atoms with van der Waals surface area (Å²) in [5.74, 6) is -1.59. The van der Waals surface area contributed by atoms with E-state index in [1.807, 2.05) is 0 Å². The molecule has 0 amide bonds. The second-order valence-corrected chi connectivity index (χ2v) is 5.84. The highest BCUT2D eigenvalue weighted by Crippen LogP contribution is 2.29. The van der Waals surface area contributed by atoms with Crippen LogP contribution in [0.3, 0.4) is 0 Å². The van der Waals surface area contributed by atoms with Crippen LogP contribution in [0.5, 0.6) is 5.75 Å². The van der Waals surface area contributed by atoms with Crippen molar-refractivity contribution in [2.24, 2.45) is 0 Å². The minimum Gasteiger partial charge on any atom is -0.743 e. The van der Waals surface area contributed by atoms with Crippen molar-refractivity contribution in [2.45, 2.75) is 17.8 Å². The number of ether oxygens (including phenoxy) is 1. The SMILES string of the molecule is C=Cc1ccc(O)c(C(=O)OCCC(F)C(F)(F)S(=O)(=O)[O-])c1. The van der Waals surface area contributed by atoms with E-state index in [0.29, 0.717) is 5.56 Å². The van der Waals surface area contributed by atoms with Crippen LogP contribution in [-0.4, -0.2) is 42.1 Å². The van der Waals surface area contributed by atoms with Gasteiger partial charge in [-0.2, -0.15) is 8.78 Å². The van der Waals surface area contributed by atoms with Gasteiger partial charge in [-0.3, -0.25) is 0 Å². The lowest BCUT2D eigenvalue weighted by Crippen LogP contribution is -2.39. The smallest absolute Gasteiger partial charge is 0.364 e. The molecular formula is C13H12F3O6S-. The molecule has 0 spiro atoms. The summed E-state index contributed by atoms with van der Waals surface area (Å²) in [6.07, 6.45) is -3.17. The number of phenols is 1. The average molecular weight is 353 g/mol. The lowest BCUT2D eigenvalue weighted by molar-refractivity contribution is -0.0169. The second kappa shape index (κ2) is 7.01. The standard InChI is InChI=1S/C13H13F3O6S/c1-2-8-3-4-10(17)9(7-8)12(18)22-6-5-11(14)13(15,16)23(19,20)21/h2-4,7,11,17H,1,5-6H2,(H,19,20,21)/p-1. The van der Waals surface area contributed by atoms with Crippen LogP contribution in [0.4, 0.5) is 13.2 Å². The molecule has 1 aromatic rings. The molecule has 0 fully saturated rings. The molecule has 0 aromatic heterocycles. The minimum absolute atomic E-state index is 0.305. The fourth-order valence-electron chi connectivity index (χ4n) is 1.50. The number of esters is 1. The molecule has 6 nitrogen and oxygen atoms in total. The van der Waals surface area contributed by atoms with E-state index in [2.05, 4.69) is 11.3 Å². The van der Waals surface area contributed by atoms with E-state index in [1.165, 1.54) is 24.3 Å². The van der Waals surface area contributed by atoms with E-state index in [-0.39, 0.29) is 5.56 Å². The quantitative estimate of drug-likeness (QED) is 0.594. The Morgan fingerprint density at radius 3 is 2.61 bits per heavy atom. The number of hydrogen-bond donors (Lipinski definition) is 1. The second-order valence-electron chi connectivity index (χ2n) is 4.39. The molecule has 0 heterocycles. The molecule has 128 valence electrons. The van der Waals surface area contributed by atoms with Crippen LogP contribution in [0.1, 0.15) is 22.3 Å². The Balaban J connectivity index is 2.70. The number of phenolic OH excluding ortho intramolecular Hbond substituents is 1. The largest absolute Gasteiger partial charge is 0.743 e. The molecule has 0 aliphatic heterocycles. The Labute approximate surface area is 129 Å². The molecule has 0 radical (unpaired) electrons. The van der Waals surface area contributed by atoms with Gasteiger partial charge in [-0.05, 0) is 17.7 Å². The zero-order chi connectivity index (χ0) is 17.8. The molecule has 1 aromatic carbocycles. The van der Waals surface area contributed by atoms with Gasteiger partial charge in [-0.25, -0.2) is 17.6 Å². The molecule has 0 bridgehead atoms. The summed E-state index contributed by atoms with van der Waals surface area (Å²) >= 11 is 0. The Morgan fingerprint density at radius 2 is 2.09 bits per heavy atom. The predicted molar refractivity (Wildman–Crippen MR) is 72.6 cm³/mol. The highest BCUT2D eigenvalue weighted by Gasteiger charge is 2.47. The minimum atomic E-state index is -6.17. The first-order valence-electron chi connectivity index (χ1n) is 6.10. The lowest BCUT2D eigenvalue weighted by Gasteiger charge is -2.23. The summed E-state index contributed by atoms with van der Waals surface area (Å²) in [4.78, 5) is 11.7. The summed E-state index contributed by atoms with van der Waals surface area (Å²) in [5.41, 5.74) is 0.156. The molecule has 23 heavy (non-hydrogen) atoms. The van der Waals surface area contributed by atoms with Gasteiger partial charge in [0.2, 0.25) is 0 Å². The number of alkyl halides is 3. The van der Waals surface area contributed by atoms with Crippen LogP contribution in [0, 0.1) is 0 Å². The van der Waals surface area contributed by atoms with Gasteiger partial charge in [0.25, 0.3) is 0 Å². The van der Waals surface area contributed by atoms with Crippen molar-refractivity contribution in [3.05, 3.63) is 35.9 Å². The van der Waals surface area contributed by atoms with Crippen molar-refractivity contribution in [1.29, 1.82) is 0 Å². The van der Waals surface area contributed by atoms with E-state index in [1.54, 1.807) is 0 Å². The van der Waals surface area contributed by atoms with E-state index in [9.17, 15) is 36.0 Å². The van der Waals surface area contributed by atoms with Gasteiger partial charge in [-0.1, -0.05) is 18.7 Å². The zero-order valence-electron chi connectivity index (χ0n) is 11.5. The summed E-state index contributed by atoms with van der Waals surface area (Å²) in [6, 6.07) is 3.81. The van der Waals surface area contributed by atoms with E-state index < -0.39 is 46.3 Å². The molecule has 10 heteroatoms. The maximum Gasteiger partial charge on any atom is 0.364 e. The summed E-state index contributed by atoms with van der Waals surface area (Å²) in [5, 5.41) is 4.37. The third-order valence-electron chi connectivity index (χ3n) is 2.78. The Bertz CT molecular complexity index is 702. The summed E-state index contributed by atoms with van der Waals surface area (Å²) in [6.45, 7) is 2.53. The lowest BCUT2D eigenvalue weighted by atomic mass is 10.1. The molecule has 1 N–H and O–H groups in total. The van der Waals surface area contributed by atoms with Crippen LogP contribution >= 0.6 is 0 Å². The highest BCUT2D eigenvalue weighted by molar-refractivity contribution is 7.86. The van der Waals surface area contributed by atoms with Gasteiger partial charge in [0.15, 0.2) is 16.3 Å². The van der Waals surface area contributed by atoms with Gasteiger partial charge < -0.3 is 14.4 Å². The molecule has 0 saturated heterocycles. The van der Waals surface area contributed by atoms with Crippen molar-refractivity contribution in [3.8, 4) is 5.75 Å². The fraction of sp³-hybridized carbons (Fsp3) is 0.308. The molecule has 0 saturated carbocycles. The molecule has 0 aliphatic carbocycles. The van der Waals surface area contributed by atoms with Crippen molar-refractivity contribution in [1.82, 2.24) is 0 Å². The summed E-state index contributed by atoms with van der Waals surface area (Å²) in [7, 11) is -6.17. The average Bonchev–Trinajstić information content (AvgIpc) is 2.46. The van der Waals surface area contributed by atoms with Crippen LogP contribution in [-0.2, 0) is 14.9 Å². The first-order valence-corrected chi connectivity index (χ1v) is 7.51. The molecule has 0 aliphatic rings. The first-order chi connectivity index (χ1) is 10.5. The van der Waals surface area contributed by atoms with Crippen molar-refractivity contribution < 1.29 is 40.8 Å². The van der Waals surface area contributed by atoms with Crippen LogP contribution in [0.25, 0.3) is 6.08 Å². The van der Waals surface area contributed by atoms with Crippen molar-refractivity contribution in [3.63, 3.8) is 0 Å². The van der Waals surface area contributed by atoms with Gasteiger partial charge in [0, 0.05) is 6.42 Å². The third-order valence-corrected chi connectivity index (χ3v) is 3.70. The third kappa shape index (κ3) is 4.45. The normalized spacial score (nSPS) is 13.4. The van der Waals surface area contributed by atoms with E-state index >= 15 is 0 Å². The number of hydrogen-bond acceptors (Lipinski definition) is 6.